The molecule has 3 rings (SSSR count). The third kappa shape index (κ3) is 4.57. The van der Waals surface area contributed by atoms with Gasteiger partial charge in [-0.3, -0.25) is 0 Å². The zero-order chi connectivity index (χ0) is 17.8. The van der Waals surface area contributed by atoms with Gasteiger partial charge in [0.25, 0.3) is 0 Å². The van der Waals surface area contributed by atoms with Crippen molar-refractivity contribution in [1.29, 1.82) is 0 Å². The zero-order valence-corrected chi connectivity index (χ0v) is 17.3. The Kier molecular flexibility index (Phi) is 6.05. The molecule has 2 aromatic carbocycles. The maximum absolute atomic E-state index is 13.7. The molecule has 134 valence electrons. The second-order valence-corrected chi connectivity index (χ2v) is 8.41. The largest absolute Gasteiger partial charge is 0.207 e. The van der Waals surface area contributed by atoms with Crippen LogP contribution in [0.2, 0.25) is 6.04 Å². The van der Waals surface area contributed by atoms with Crippen LogP contribution in [0.5, 0.6) is 0 Å². The summed E-state index contributed by atoms with van der Waals surface area (Å²) in [7, 11) is 1.35. The van der Waals surface area contributed by atoms with Gasteiger partial charge in [0.05, 0.1) is 0 Å². The topological polar surface area (TPSA) is 0 Å². The summed E-state index contributed by atoms with van der Waals surface area (Å²) >= 11 is 0. The minimum Gasteiger partial charge on any atom is -0.207 e. The molecule has 0 saturated heterocycles. The Balaban J connectivity index is 1.59. The molecule has 0 aromatic heterocycles. The molecule has 0 heterocycles. The lowest BCUT2D eigenvalue weighted by atomic mass is 9.80. The summed E-state index contributed by atoms with van der Waals surface area (Å²) < 4.78 is 27.5. The summed E-state index contributed by atoms with van der Waals surface area (Å²) in [4.78, 5) is 0. The lowest BCUT2D eigenvalue weighted by molar-refractivity contribution is 0.278. The van der Waals surface area contributed by atoms with E-state index in [1.54, 1.807) is 0 Å². The molecule has 1 aliphatic carbocycles. The van der Waals surface area contributed by atoms with Gasteiger partial charge in [0, 0.05) is 15.8 Å². The highest BCUT2D eigenvalue weighted by Gasteiger charge is 2.19. The van der Waals surface area contributed by atoms with Crippen LogP contribution in [-0.4, -0.2) is 10.2 Å². The van der Waals surface area contributed by atoms with Gasteiger partial charge in [-0.05, 0) is 60.4 Å². The van der Waals surface area contributed by atoms with Crippen LogP contribution in [0.3, 0.4) is 0 Å². The summed E-state index contributed by atoms with van der Waals surface area (Å²) in [6, 6.07) is 12.5. The minimum absolute atomic E-state index is 0.0838. The van der Waals surface area contributed by atoms with Crippen molar-refractivity contribution in [2.75, 3.05) is 0 Å². The van der Waals surface area contributed by atoms with Gasteiger partial charge >= 0.3 is 0 Å². The monoisotopic (exact) mass is 358 g/mol. The van der Waals surface area contributed by atoms with Gasteiger partial charge in [0.2, 0.25) is 0 Å². The van der Waals surface area contributed by atoms with Gasteiger partial charge in [-0.25, -0.2) is 8.78 Å². The first-order valence-electron chi connectivity index (χ1n) is 9.61. The zero-order valence-electron chi connectivity index (χ0n) is 15.3. The Morgan fingerprint density at radius 1 is 0.880 bits per heavy atom. The van der Waals surface area contributed by atoms with Crippen LogP contribution in [0.4, 0.5) is 8.78 Å². The number of rotatable bonds is 5. The molecule has 0 N–H and O–H groups in total. The lowest BCUT2D eigenvalue weighted by Crippen LogP contribution is -2.14. The fourth-order valence-corrected chi connectivity index (χ4v) is 4.79. The van der Waals surface area contributed by atoms with Crippen LogP contribution < -0.4 is 0 Å². The van der Waals surface area contributed by atoms with E-state index in [0.29, 0.717) is 5.56 Å². The van der Waals surface area contributed by atoms with Crippen molar-refractivity contribution in [1.82, 2.24) is 0 Å². The fraction of sp³-hybridized carbons (Fsp3) is 0.455. The van der Waals surface area contributed by atoms with Crippen LogP contribution in [0.15, 0.2) is 36.4 Å². The van der Waals surface area contributed by atoms with E-state index in [-0.39, 0.29) is 5.56 Å². The SMILES string of the molecule is Cc1c(F)cc(-c2ccc(CCC3CCC(C[SiH3])CC3)cc2)cc1F. The van der Waals surface area contributed by atoms with E-state index >= 15 is 0 Å². The number of aryl methyl sites for hydroxylation is 1. The van der Waals surface area contributed by atoms with Crippen LogP contribution in [-0.2, 0) is 6.42 Å². The van der Waals surface area contributed by atoms with E-state index in [1.165, 1.54) is 73.0 Å². The average molecular weight is 359 g/mol. The van der Waals surface area contributed by atoms with Crippen molar-refractivity contribution < 1.29 is 8.78 Å². The third-order valence-electron chi connectivity index (χ3n) is 5.95. The lowest BCUT2D eigenvalue weighted by Gasteiger charge is -2.27. The second-order valence-electron chi connectivity index (χ2n) is 7.60. The van der Waals surface area contributed by atoms with E-state index in [1.807, 2.05) is 12.1 Å². The first kappa shape index (κ1) is 18.3. The molecule has 2 aromatic rings. The summed E-state index contributed by atoms with van der Waals surface area (Å²) in [5.41, 5.74) is 2.88. The highest BCUT2D eigenvalue weighted by atomic mass is 28.1. The molecule has 0 unspecified atom stereocenters. The first-order chi connectivity index (χ1) is 12.1. The van der Waals surface area contributed by atoms with Crippen LogP contribution in [0.1, 0.15) is 43.2 Å². The Hall–Kier alpha value is -1.48. The Morgan fingerprint density at radius 2 is 1.44 bits per heavy atom. The predicted octanol–water partition coefficient (Wildman–Crippen LogP) is 5.46. The number of hydrogen-bond donors (Lipinski definition) is 0. The van der Waals surface area contributed by atoms with Gasteiger partial charge in [0.1, 0.15) is 11.6 Å². The predicted molar refractivity (Wildman–Crippen MR) is 105 cm³/mol. The van der Waals surface area contributed by atoms with E-state index in [9.17, 15) is 8.78 Å². The quantitative estimate of drug-likeness (QED) is 0.622. The highest BCUT2D eigenvalue weighted by Crippen LogP contribution is 2.33. The van der Waals surface area contributed by atoms with E-state index in [0.717, 1.165) is 23.8 Å². The van der Waals surface area contributed by atoms with Crippen LogP contribution in [0, 0.1) is 30.4 Å². The van der Waals surface area contributed by atoms with Gasteiger partial charge in [-0.2, -0.15) is 0 Å². The highest BCUT2D eigenvalue weighted by molar-refractivity contribution is 6.08. The summed E-state index contributed by atoms with van der Waals surface area (Å²) in [6.45, 7) is 1.47. The fourth-order valence-electron chi connectivity index (χ4n) is 3.98. The summed E-state index contributed by atoms with van der Waals surface area (Å²) in [5, 5.41) is 0. The standard InChI is InChI=1S/C22H28F2Si/c1-15-21(23)12-20(13-22(15)24)19-10-8-17(9-11-19)3-2-16-4-6-18(14-25)7-5-16/h8-13,16,18H,2-7,14H2,1,25H3. The van der Waals surface area contributed by atoms with Crippen molar-refractivity contribution in [2.45, 2.75) is 51.5 Å². The van der Waals surface area contributed by atoms with Gasteiger partial charge < -0.3 is 0 Å². The maximum Gasteiger partial charge on any atom is 0.129 e. The molecule has 1 aliphatic rings. The molecule has 1 fully saturated rings. The molecule has 0 amide bonds. The molecule has 1 saturated carbocycles. The molecule has 0 aliphatic heterocycles. The number of benzene rings is 2. The smallest absolute Gasteiger partial charge is 0.129 e. The second kappa shape index (κ2) is 8.26. The molecule has 0 radical (unpaired) electrons. The molecule has 25 heavy (non-hydrogen) atoms. The average Bonchev–Trinajstić information content (AvgIpc) is 2.65. The summed E-state index contributed by atoms with van der Waals surface area (Å²) in [6.07, 6.45) is 8.02. The normalized spacial score (nSPS) is 20.8. The Bertz CT molecular complexity index is 677. The molecule has 3 heteroatoms. The molecule has 0 atom stereocenters. The minimum atomic E-state index is -0.482. The van der Waals surface area contributed by atoms with Crippen LogP contribution >= 0.6 is 0 Å². The van der Waals surface area contributed by atoms with Crippen molar-refractivity contribution >= 4 is 10.2 Å². The molecular formula is C22H28F2Si. The van der Waals surface area contributed by atoms with Gasteiger partial charge in [-0.15, -0.1) is 0 Å². The maximum atomic E-state index is 13.7. The summed E-state index contributed by atoms with van der Waals surface area (Å²) in [5.74, 6) is 0.927. The number of halogens is 2. The van der Waals surface area contributed by atoms with Crippen molar-refractivity contribution in [3.8, 4) is 11.1 Å². The molecule has 0 bridgehead atoms. The Morgan fingerprint density at radius 3 is 2.00 bits per heavy atom. The van der Waals surface area contributed by atoms with E-state index in [4.69, 9.17) is 0 Å². The first-order valence-corrected chi connectivity index (χ1v) is 11.0. The van der Waals surface area contributed by atoms with Crippen LogP contribution in [0.25, 0.3) is 11.1 Å². The van der Waals surface area contributed by atoms with Gasteiger partial charge in [-0.1, -0.05) is 56.0 Å². The molecule has 0 nitrogen and oxygen atoms in total. The van der Waals surface area contributed by atoms with Crippen molar-refractivity contribution in [3.05, 3.63) is 59.2 Å². The van der Waals surface area contributed by atoms with Gasteiger partial charge in [0.15, 0.2) is 0 Å². The molecular weight excluding hydrogens is 330 g/mol. The van der Waals surface area contributed by atoms with Crippen molar-refractivity contribution in [2.24, 2.45) is 11.8 Å². The number of hydrogen-bond acceptors (Lipinski definition) is 0. The molecule has 0 spiro atoms. The van der Waals surface area contributed by atoms with Crippen molar-refractivity contribution in [3.63, 3.8) is 0 Å². The third-order valence-corrected chi connectivity index (χ3v) is 7.11. The van der Waals surface area contributed by atoms with E-state index in [2.05, 4.69) is 12.1 Å². The Labute approximate surface area is 153 Å². The van der Waals surface area contributed by atoms with E-state index < -0.39 is 11.6 Å².